The minimum absolute atomic E-state index is 0.290. The fourth-order valence-electron chi connectivity index (χ4n) is 1.91. The van der Waals surface area contributed by atoms with Crippen molar-refractivity contribution in [2.24, 2.45) is 0 Å². The first-order chi connectivity index (χ1) is 7.09. The fourth-order valence-corrected chi connectivity index (χ4v) is 1.91. The van der Waals surface area contributed by atoms with Gasteiger partial charge in [0.1, 0.15) is 0 Å². The monoisotopic (exact) mass is 212 g/mol. The van der Waals surface area contributed by atoms with E-state index in [1.165, 1.54) is 0 Å². The largest absolute Gasteiger partial charge is 0.481 e. The second kappa shape index (κ2) is 5.63. The molecule has 1 aliphatic heterocycles. The molecule has 1 rings (SSSR count). The van der Waals surface area contributed by atoms with Crippen molar-refractivity contribution in [3.63, 3.8) is 0 Å². The Bertz CT molecular complexity index is 241. The highest BCUT2D eigenvalue weighted by molar-refractivity contribution is 5.66. The van der Waals surface area contributed by atoms with Crippen molar-refractivity contribution in [2.45, 2.75) is 51.1 Å². The first kappa shape index (κ1) is 11.9. The van der Waals surface area contributed by atoms with Gasteiger partial charge in [-0.15, -0.1) is 0 Å². The number of nitrogens with one attached hydrogen (secondary N) is 2. The molecule has 1 aliphatic rings. The molecule has 2 unspecified atom stereocenters. The first-order valence-electron chi connectivity index (χ1n) is 5.53. The predicted molar refractivity (Wildman–Crippen MR) is 59.4 cm³/mol. The van der Waals surface area contributed by atoms with Gasteiger partial charge >= 0.3 is 5.97 Å². The summed E-state index contributed by atoms with van der Waals surface area (Å²) >= 11 is 0. The molecule has 0 spiro atoms. The van der Waals surface area contributed by atoms with Crippen LogP contribution < -0.4 is 10.6 Å². The molecule has 1 heterocycles. The summed E-state index contributed by atoms with van der Waals surface area (Å²) in [4.78, 5) is 10.3. The Morgan fingerprint density at radius 1 is 1.40 bits per heavy atom. The molecule has 4 nitrogen and oxygen atoms in total. The van der Waals surface area contributed by atoms with Crippen LogP contribution in [0.2, 0.25) is 0 Å². The first-order valence-corrected chi connectivity index (χ1v) is 5.53. The van der Waals surface area contributed by atoms with Crippen molar-refractivity contribution >= 4 is 5.97 Å². The maximum absolute atomic E-state index is 10.3. The summed E-state index contributed by atoms with van der Waals surface area (Å²) in [6, 6.07) is 0.874. The molecule has 3 N–H and O–H groups in total. The van der Waals surface area contributed by atoms with Gasteiger partial charge < -0.3 is 15.7 Å². The van der Waals surface area contributed by atoms with Crippen molar-refractivity contribution in [1.29, 1.82) is 0 Å². The lowest BCUT2D eigenvalue weighted by atomic mass is 10.0. The van der Waals surface area contributed by atoms with Gasteiger partial charge in [0.2, 0.25) is 0 Å². The molecular formula is C11H20N2O2. The van der Waals surface area contributed by atoms with Gasteiger partial charge in [-0.3, -0.25) is 4.79 Å². The molecule has 15 heavy (non-hydrogen) atoms. The summed E-state index contributed by atoms with van der Waals surface area (Å²) in [5, 5.41) is 15.0. The molecule has 0 bridgehead atoms. The van der Waals surface area contributed by atoms with Crippen LogP contribution in [0.5, 0.6) is 0 Å². The van der Waals surface area contributed by atoms with E-state index in [2.05, 4.69) is 24.1 Å². The average Bonchev–Trinajstić information content (AvgIpc) is 2.44. The van der Waals surface area contributed by atoms with Crippen LogP contribution in [-0.2, 0) is 4.79 Å². The number of unbranched alkanes of at least 4 members (excludes halogenated alkanes) is 2. The highest BCUT2D eigenvalue weighted by Crippen LogP contribution is 2.13. The van der Waals surface area contributed by atoms with E-state index in [4.69, 9.17) is 5.11 Å². The Balaban J connectivity index is 2.05. The minimum Gasteiger partial charge on any atom is -0.481 e. The number of hydrogen-bond acceptors (Lipinski definition) is 3. The highest BCUT2D eigenvalue weighted by atomic mass is 16.4. The van der Waals surface area contributed by atoms with Crippen LogP contribution in [0.4, 0.5) is 0 Å². The van der Waals surface area contributed by atoms with E-state index in [0.29, 0.717) is 18.5 Å². The van der Waals surface area contributed by atoms with E-state index in [1.54, 1.807) is 0 Å². The Morgan fingerprint density at radius 2 is 2.13 bits per heavy atom. The smallest absolute Gasteiger partial charge is 0.303 e. The summed E-state index contributed by atoms with van der Waals surface area (Å²) in [6.07, 6.45) is 4.21. The molecule has 2 atom stereocenters. The zero-order valence-electron chi connectivity index (χ0n) is 9.25. The standard InChI is InChI=1S/C11H20N2O2/c1-8-10(13-9(2)12-8)6-4-3-5-7-11(14)15/h8,10,12-13H,2-7H2,1H3,(H,14,15). The number of aliphatic carboxylic acids is 1. The van der Waals surface area contributed by atoms with Crippen LogP contribution in [0.3, 0.4) is 0 Å². The second-order valence-corrected chi connectivity index (χ2v) is 4.16. The van der Waals surface area contributed by atoms with Crippen molar-refractivity contribution in [2.75, 3.05) is 0 Å². The topological polar surface area (TPSA) is 61.4 Å². The molecule has 0 aromatic carbocycles. The molecule has 86 valence electrons. The Kier molecular flexibility index (Phi) is 4.46. The number of carbonyl (C=O) groups is 1. The average molecular weight is 212 g/mol. The lowest BCUT2D eigenvalue weighted by Gasteiger charge is -2.13. The van der Waals surface area contributed by atoms with Crippen LogP contribution in [0.1, 0.15) is 39.0 Å². The molecule has 0 saturated carbocycles. The van der Waals surface area contributed by atoms with E-state index in [1.807, 2.05) is 0 Å². The van der Waals surface area contributed by atoms with Gasteiger partial charge in [0.15, 0.2) is 0 Å². The number of rotatable bonds is 6. The molecule has 0 amide bonds. The SMILES string of the molecule is C=C1NC(C)C(CCCCCC(=O)O)N1. The Labute approximate surface area is 90.7 Å². The van der Waals surface area contributed by atoms with Gasteiger partial charge in [0.25, 0.3) is 0 Å². The summed E-state index contributed by atoms with van der Waals surface area (Å²) in [5.41, 5.74) is 0. The number of carboxylic acids is 1. The molecule has 4 heteroatoms. The zero-order valence-corrected chi connectivity index (χ0v) is 9.25. The van der Waals surface area contributed by atoms with E-state index >= 15 is 0 Å². The molecule has 0 radical (unpaired) electrons. The van der Waals surface area contributed by atoms with E-state index < -0.39 is 5.97 Å². The normalized spacial score (nSPS) is 24.7. The summed E-state index contributed by atoms with van der Waals surface area (Å²) in [6.45, 7) is 5.95. The van der Waals surface area contributed by atoms with Gasteiger partial charge in [-0.2, -0.15) is 0 Å². The number of carboxylic acid groups (broad SMARTS) is 1. The van der Waals surface area contributed by atoms with Crippen LogP contribution in [0.15, 0.2) is 12.4 Å². The van der Waals surface area contributed by atoms with Gasteiger partial charge in [0, 0.05) is 18.5 Å². The Morgan fingerprint density at radius 3 is 2.67 bits per heavy atom. The van der Waals surface area contributed by atoms with Crippen LogP contribution in [0.25, 0.3) is 0 Å². The molecular weight excluding hydrogens is 192 g/mol. The van der Waals surface area contributed by atoms with E-state index in [-0.39, 0.29) is 0 Å². The van der Waals surface area contributed by atoms with E-state index in [0.717, 1.165) is 31.5 Å². The van der Waals surface area contributed by atoms with Gasteiger partial charge in [-0.05, 0) is 19.8 Å². The molecule has 0 aromatic rings. The van der Waals surface area contributed by atoms with Crippen LogP contribution >= 0.6 is 0 Å². The van der Waals surface area contributed by atoms with Gasteiger partial charge in [0.05, 0.1) is 5.82 Å². The lowest BCUT2D eigenvalue weighted by molar-refractivity contribution is -0.137. The molecule has 1 saturated heterocycles. The molecule has 0 aliphatic carbocycles. The van der Waals surface area contributed by atoms with Crippen molar-refractivity contribution in [3.8, 4) is 0 Å². The summed E-state index contributed by atoms with van der Waals surface area (Å²) in [7, 11) is 0. The zero-order chi connectivity index (χ0) is 11.3. The maximum Gasteiger partial charge on any atom is 0.303 e. The second-order valence-electron chi connectivity index (χ2n) is 4.16. The third-order valence-corrected chi connectivity index (χ3v) is 2.77. The third-order valence-electron chi connectivity index (χ3n) is 2.77. The third kappa shape index (κ3) is 4.23. The van der Waals surface area contributed by atoms with Gasteiger partial charge in [-0.1, -0.05) is 19.4 Å². The van der Waals surface area contributed by atoms with Crippen molar-refractivity contribution in [1.82, 2.24) is 10.6 Å². The summed E-state index contributed by atoms with van der Waals surface area (Å²) < 4.78 is 0. The maximum atomic E-state index is 10.3. The molecule has 0 aromatic heterocycles. The quantitative estimate of drug-likeness (QED) is 0.583. The van der Waals surface area contributed by atoms with Crippen LogP contribution in [-0.4, -0.2) is 23.2 Å². The summed E-state index contributed by atoms with van der Waals surface area (Å²) in [5.74, 6) is 0.204. The predicted octanol–water partition coefficient (Wildman–Crippen LogP) is 1.44. The number of hydrogen-bond donors (Lipinski definition) is 3. The van der Waals surface area contributed by atoms with Crippen molar-refractivity contribution in [3.05, 3.63) is 12.4 Å². The van der Waals surface area contributed by atoms with Crippen molar-refractivity contribution < 1.29 is 9.90 Å². The fraction of sp³-hybridized carbons (Fsp3) is 0.727. The minimum atomic E-state index is -0.697. The molecule has 1 fully saturated rings. The van der Waals surface area contributed by atoms with Crippen LogP contribution in [0, 0.1) is 0 Å². The highest BCUT2D eigenvalue weighted by Gasteiger charge is 2.23. The van der Waals surface area contributed by atoms with E-state index in [9.17, 15) is 4.79 Å². The van der Waals surface area contributed by atoms with Gasteiger partial charge in [-0.25, -0.2) is 0 Å². The Hall–Kier alpha value is -1.19. The lowest BCUT2D eigenvalue weighted by Crippen LogP contribution is -2.30.